The Labute approximate surface area is 212 Å². The number of nitrogens with zero attached hydrogens (tertiary/aromatic N) is 2. The van der Waals surface area contributed by atoms with E-state index in [2.05, 4.69) is 25.9 Å². The Kier molecular flexibility index (Phi) is 8.64. The molecular weight excluding hydrogens is 489 g/mol. The second-order valence-corrected chi connectivity index (χ2v) is 8.37. The summed E-state index contributed by atoms with van der Waals surface area (Å²) >= 11 is 5.84. The molecule has 4 rings (SSSR count). The maximum atomic E-state index is 13.3. The molecule has 0 atom stereocenters. The van der Waals surface area contributed by atoms with Gasteiger partial charge in [-0.15, -0.1) is 0 Å². The Bertz CT molecular complexity index is 1210. The first kappa shape index (κ1) is 25.3. The highest BCUT2D eigenvalue weighted by Crippen LogP contribution is 2.29. The van der Waals surface area contributed by atoms with Gasteiger partial charge in [0.15, 0.2) is 5.69 Å². The quantitative estimate of drug-likeness (QED) is 0.394. The molecule has 1 fully saturated rings. The van der Waals surface area contributed by atoms with Crippen LogP contribution in [-0.2, 0) is 0 Å². The zero-order valence-corrected chi connectivity index (χ0v) is 20.1. The van der Waals surface area contributed by atoms with E-state index in [1.54, 1.807) is 42.5 Å². The van der Waals surface area contributed by atoms with Crippen LogP contribution in [0.3, 0.4) is 0 Å². The third kappa shape index (κ3) is 6.67. The lowest BCUT2D eigenvalue weighted by atomic mass is 10.1. The number of carbonyl (C=O) groups is 2. The molecule has 0 aliphatic carbocycles. The lowest BCUT2D eigenvalue weighted by Gasteiger charge is -2.25. The normalized spacial score (nSPS) is 13.6. The average molecular weight is 514 g/mol. The van der Waals surface area contributed by atoms with Crippen molar-refractivity contribution >= 4 is 34.9 Å². The second kappa shape index (κ2) is 12.3. The maximum Gasteiger partial charge on any atom is 0.277 e. The Balaban J connectivity index is 1.55. The number of hydrogen-bond donors (Lipinski definition) is 3. The molecule has 2 aromatic heterocycles. The summed E-state index contributed by atoms with van der Waals surface area (Å²) in [6.07, 6.45) is 4.33. The molecule has 3 N–H and O–H groups in total. The Morgan fingerprint density at radius 2 is 1.92 bits per heavy atom. The van der Waals surface area contributed by atoms with E-state index in [0.29, 0.717) is 16.5 Å². The van der Waals surface area contributed by atoms with Crippen LogP contribution in [0.4, 0.5) is 15.9 Å². The Morgan fingerprint density at radius 3 is 2.67 bits per heavy atom. The number of nitrogens with one attached hydrogen (secondary N) is 3. The van der Waals surface area contributed by atoms with Crippen LogP contribution in [0.15, 0.2) is 54.9 Å². The van der Waals surface area contributed by atoms with Gasteiger partial charge >= 0.3 is 0 Å². The molecule has 9 nitrogen and oxygen atoms in total. The predicted octanol–water partition coefficient (Wildman–Crippen LogP) is 4.11. The van der Waals surface area contributed by atoms with Crippen molar-refractivity contribution in [3.8, 4) is 11.5 Å². The van der Waals surface area contributed by atoms with Gasteiger partial charge in [-0.1, -0.05) is 11.6 Å². The average Bonchev–Trinajstić information content (AvgIpc) is 2.89. The van der Waals surface area contributed by atoms with Crippen LogP contribution in [-0.4, -0.2) is 54.3 Å². The lowest BCUT2D eigenvalue weighted by molar-refractivity contribution is 0.101. The lowest BCUT2D eigenvalue weighted by Crippen LogP contribution is -2.34. The SMILES string of the molecule is O=C(Nc1cccnc1C(=O)Nc1ccc(Cl)cn1)c1ccc(OCCF)cc1OC1CCNCC1. The van der Waals surface area contributed by atoms with Crippen LogP contribution in [0.1, 0.15) is 33.7 Å². The van der Waals surface area contributed by atoms with Crippen LogP contribution in [0.5, 0.6) is 11.5 Å². The van der Waals surface area contributed by atoms with Gasteiger partial charge in [-0.2, -0.15) is 0 Å². The first-order valence-electron chi connectivity index (χ1n) is 11.4. The number of piperidine rings is 1. The molecule has 1 aliphatic heterocycles. The number of rotatable bonds is 9. The van der Waals surface area contributed by atoms with Gasteiger partial charge in [-0.05, 0) is 62.3 Å². The number of benzene rings is 1. The number of amides is 2. The number of carbonyl (C=O) groups excluding carboxylic acids is 2. The third-order valence-electron chi connectivity index (χ3n) is 5.36. The molecule has 2 amide bonds. The highest BCUT2D eigenvalue weighted by molar-refractivity contribution is 6.30. The van der Waals surface area contributed by atoms with Crippen molar-refractivity contribution < 1.29 is 23.5 Å². The van der Waals surface area contributed by atoms with Crippen molar-refractivity contribution in [2.45, 2.75) is 18.9 Å². The number of anilines is 2. The zero-order chi connectivity index (χ0) is 25.3. The van der Waals surface area contributed by atoms with E-state index in [1.165, 1.54) is 12.4 Å². The van der Waals surface area contributed by atoms with E-state index in [-0.39, 0.29) is 35.5 Å². The summed E-state index contributed by atoms with van der Waals surface area (Å²) in [5, 5.41) is 9.08. The molecule has 0 bridgehead atoms. The van der Waals surface area contributed by atoms with E-state index in [1.807, 2.05) is 0 Å². The topological polar surface area (TPSA) is 114 Å². The molecule has 188 valence electrons. The summed E-state index contributed by atoms with van der Waals surface area (Å²) in [5.74, 6) is -0.0561. The van der Waals surface area contributed by atoms with Crippen LogP contribution >= 0.6 is 11.6 Å². The summed E-state index contributed by atoms with van der Waals surface area (Å²) < 4.78 is 24.1. The fourth-order valence-corrected chi connectivity index (χ4v) is 3.74. The van der Waals surface area contributed by atoms with E-state index >= 15 is 0 Å². The summed E-state index contributed by atoms with van der Waals surface area (Å²) in [5.41, 5.74) is 0.460. The molecule has 36 heavy (non-hydrogen) atoms. The molecular formula is C25H25ClFN5O4. The molecule has 0 unspecified atom stereocenters. The van der Waals surface area contributed by atoms with Gasteiger partial charge in [0.05, 0.1) is 16.3 Å². The Hall–Kier alpha value is -3.76. The fourth-order valence-electron chi connectivity index (χ4n) is 3.63. The number of ether oxygens (including phenoxy) is 2. The minimum Gasteiger partial charge on any atom is -0.491 e. The minimum absolute atomic E-state index is 0.00585. The monoisotopic (exact) mass is 513 g/mol. The molecule has 11 heteroatoms. The largest absolute Gasteiger partial charge is 0.491 e. The van der Waals surface area contributed by atoms with E-state index in [9.17, 15) is 14.0 Å². The number of aromatic nitrogens is 2. The van der Waals surface area contributed by atoms with Crippen LogP contribution in [0, 0.1) is 0 Å². The molecule has 0 spiro atoms. The van der Waals surface area contributed by atoms with Gasteiger partial charge in [-0.3, -0.25) is 9.59 Å². The van der Waals surface area contributed by atoms with Gasteiger partial charge in [0, 0.05) is 18.5 Å². The first-order chi connectivity index (χ1) is 17.5. The van der Waals surface area contributed by atoms with Gasteiger partial charge in [0.25, 0.3) is 11.8 Å². The first-order valence-corrected chi connectivity index (χ1v) is 11.8. The van der Waals surface area contributed by atoms with Crippen molar-refractivity contribution in [3.05, 3.63) is 71.1 Å². The van der Waals surface area contributed by atoms with Crippen molar-refractivity contribution in [3.63, 3.8) is 0 Å². The van der Waals surface area contributed by atoms with E-state index < -0.39 is 18.5 Å². The predicted molar refractivity (Wildman–Crippen MR) is 134 cm³/mol. The number of alkyl halides is 1. The van der Waals surface area contributed by atoms with E-state index in [4.69, 9.17) is 21.1 Å². The van der Waals surface area contributed by atoms with Gasteiger partial charge < -0.3 is 25.4 Å². The number of hydrogen-bond acceptors (Lipinski definition) is 7. The molecule has 3 heterocycles. The molecule has 3 aromatic rings. The highest BCUT2D eigenvalue weighted by atomic mass is 35.5. The van der Waals surface area contributed by atoms with Crippen LogP contribution in [0.25, 0.3) is 0 Å². The van der Waals surface area contributed by atoms with Crippen molar-refractivity contribution in [1.82, 2.24) is 15.3 Å². The van der Waals surface area contributed by atoms with Gasteiger partial charge in [0.1, 0.15) is 36.7 Å². The maximum absolute atomic E-state index is 13.3. The van der Waals surface area contributed by atoms with E-state index in [0.717, 1.165) is 25.9 Å². The number of pyridine rings is 2. The zero-order valence-electron chi connectivity index (χ0n) is 19.3. The van der Waals surface area contributed by atoms with Crippen molar-refractivity contribution in [2.24, 2.45) is 0 Å². The second-order valence-electron chi connectivity index (χ2n) is 7.93. The molecule has 1 aliphatic rings. The van der Waals surface area contributed by atoms with Gasteiger partial charge in [0.2, 0.25) is 0 Å². The minimum atomic E-state index is -0.635. The molecule has 1 saturated heterocycles. The molecule has 1 aromatic carbocycles. The third-order valence-corrected chi connectivity index (χ3v) is 5.59. The van der Waals surface area contributed by atoms with Crippen LogP contribution < -0.4 is 25.4 Å². The van der Waals surface area contributed by atoms with Crippen molar-refractivity contribution in [1.29, 1.82) is 0 Å². The Morgan fingerprint density at radius 1 is 1.08 bits per heavy atom. The summed E-state index contributed by atoms with van der Waals surface area (Å²) in [6, 6.07) is 11.0. The van der Waals surface area contributed by atoms with Crippen LogP contribution in [0.2, 0.25) is 5.02 Å². The molecule has 0 saturated carbocycles. The molecule has 0 radical (unpaired) electrons. The van der Waals surface area contributed by atoms with Gasteiger partial charge in [-0.25, -0.2) is 14.4 Å². The summed E-state index contributed by atoms with van der Waals surface area (Å²) in [7, 11) is 0. The standard InChI is InChI=1S/C25H25ClFN5O4/c26-16-3-6-22(30-15-16)32-25(34)23-20(2-1-10-29-23)31-24(33)19-5-4-18(35-13-9-27)14-21(19)36-17-7-11-28-12-8-17/h1-6,10,14-15,17,28H,7-9,11-13H2,(H,31,33)(H,30,32,34). The summed E-state index contributed by atoms with van der Waals surface area (Å²) in [4.78, 5) is 34.3. The summed E-state index contributed by atoms with van der Waals surface area (Å²) in [6.45, 7) is 0.876. The number of halogens is 2. The smallest absolute Gasteiger partial charge is 0.277 e. The van der Waals surface area contributed by atoms with Crippen molar-refractivity contribution in [2.75, 3.05) is 37.0 Å². The highest BCUT2D eigenvalue weighted by Gasteiger charge is 2.22. The fraction of sp³-hybridized carbons (Fsp3) is 0.280.